The molecule has 0 radical (unpaired) electrons. The predicted octanol–water partition coefficient (Wildman–Crippen LogP) is 5.61. The average molecular weight is 444 g/mol. The molecule has 0 aliphatic rings. The lowest BCUT2D eigenvalue weighted by Gasteiger charge is -2.05. The summed E-state index contributed by atoms with van der Waals surface area (Å²) in [6.07, 6.45) is 0. The van der Waals surface area contributed by atoms with Crippen molar-refractivity contribution >= 4 is 49.1 Å². The Morgan fingerprint density at radius 3 is 2.70 bits per heavy atom. The Kier molecular flexibility index (Phi) is 4.80. The Morgan fingerprint density at radius 1 is 1.22 bits per heavy atom. The van der Waals surface area contributed by atoms with Crippen molar-refractivity contribution in [3.05, 3.63) is 81.0 Å². The molecule has 0 atom stereocenters. The molecule has 0 aliphatic carbocycles. The Labute approximate surface area is 167 Å². The first-order valence-corrected chi connectivity index (χ1v) is 9.89. The van der Waals surface area contributed by atoms with Crippen LogP contribution in [0.3, 0.4) is 0 Å². The number of carbonyl (C=O) groups is 1. The monoisotopic (exact) mass is 443 g/mol. The van der Waals surface area contributed by atoms with Crippen LogP contribution >= 0.6 is 27.3 Å². The molecular weight excluding hydrogens is 429 g/mol. The van der Waals surface area contributed by atoms with Gasteiger partial charge in [-0.15, -0.1) is 11.3 Å². The van der Waals surface area contributed by atoms with E-state index in [0.29, 0.717) is 11.4 Å². The number of fused-ring (bicyclic) bond motifs is 1. The Balaban J connectivity index is 1.63. The molecule has 4 rings (SSSR count). The van der Waals surface area contributed by atoms with Gasteiger partial charge in [0.2, 0.25) is 0 Å². The second-order valence-corrected chi connectivity index (χ2v) is 8.02. The summed E-state index contributed by atoms with van der Waals surface area (Å²) in [5, 5.41) is 8.44. The van der Waals surface area contributed by atoms with Crippen LogP contribution in [0, 0.1) is 12.7 Å². The third-order valence-electron chi connectivity index (χ3n) is 4.20. The topological polar surface area (TPSA) is 46.9 Å². The van der Waals surface area contributed by atoms with E-state index >= 15 is 0 Å². The zero-order valence-corrected chi connectivity index (χ0v) is 16.8. The number of nitrogens with zero attached hydrogens (tertiary/aromatic N) is 2. The second kappa shape index (κ2) is 7.25. The molecule has 0 spiro atoms. The van der Waals surface area contributed by atoms with Gasteiger partial charge in [0.25, 0.3) is 5.91 Å². The van der Waals surface area contributed by atoms with Crippen molar-refractivity contribution in [3.63, 3.8) is 0 Å². The van der Waals surface area contributed by atoms with Crippen molar-refractivity contribution in [3.8, 4) is 0 Å². The molecule has 2 heterocycles. The highest BCUT2D eigenvalue weighted by molar-refractivity contribution is 9.10. The quantitative estimate of drug-likeness (QED) is 0.445. The summed E-state index contributed by atoms with van der Waals surface area (Å²) >= 11 is 4.84. The van der Waals surface area contributed by atoms with Gasteiger partial charge in [-0.1, -0.05) is 24.3 Å². The van der Waals surface area contributed by atoms with Crippen LogP contribution in [0.5, 0.6) is 0 Å². The molecule has 1 amide bonds. The third kappa shape index (κ3) is 3.65. The standard InChI is InChI=1S/C20H15BrFN3OS/c1-12-15-10-18(19(26)23-17-5-3-2-4-16(17)21)27-20(15)25(24-12)11-13-6-8-14(22)9-7-13/h2-10H,11H2,1H3,(H,23,26). The number of hydrogen-bond acceptors (Lipinski definition) is 3. The van der Waals surface area contributed by atoms with Gasteiger partial charge >= 0.3 is 0 Å². The molecule has 0 unspecified atom stereocenters. The van der Waals surface area contributed by atoms with Crippen molar-refractivity contribution in [1.29, 1.82) is 0 Å². The van der Waals surface area contributed by atoms with Gasteiger partial charge in [-0.2, -0.15) is 5.10 Å². The lowest BCUT2D eigenvalue weighted by atomic mass is 10.2. The zero-order valence-electron chi connectivity index (χ0n) is 14.4. The summed E-state index contributed by atoms with van der Waals surface area (Å²) in [7, 11) is 0. The molecule has 0 saturated carbocycles. The van der Waals surface area contributed by atoms with Crippen molar-refractivity contribution in [2.24, 2.45) is 0 Å². The van der Waals surface area contributed by atoms with Crippen LogP contribution in [0.2, 0.25) is 0 Å². The van der Waals surface area contributed by atoms with Crippen LogP contribution in [0.4, 0.5) is 10.1 Å². The van der Waals surface area contributed by atoms with E-state index in [1.807, 2.05) is 41.9 Å². The van der Waals surface area contributed by atoms with Gasteiger partial charge in [-0.25, -0.2) is 4.39 Å². The highest BCUT2D eigenvalue weighted by Crippen LogP contribution is 2.30. The van der Waals surface area contributed by atoms with Crippen LogP contribution < -0.4 is 5.32 Å². The molecule has 2 aromatic carbocycles. The van der Waals surface area contributed by atoms with E-state index in [1.165, 1.54) is 23.5 Å². The number of para-hydroxylation sites is 1. The number of hydrogen-bond donors (Lipinski definition) is 1. The molecule has 4 aromatic rings. The maximum atomic E-state index is 13.1. The van der Waals surface area contributed by atoms with E-state index in [-0.39, 0.29) is 11.7 Å². The summed E-state index contributed by atoms with van der Waals surface area (Å²) in [6.45, 7) is 2.45. The molecule has 1 N–H and O–H groups in total. The number of anilines is 1. The number of benzene rings is 2. The molecule has 136 valence electrons. The minimum Gasteiger partial charge on any atom is -0.320 e. The molecule has 0 fully saturated rings. The van der Waals surface area contributed by atoms with Crippen LogP contribution in [0.1, 0.15) is 20.9 Å². The molecule has 4 nitrogen and oxygen atoms in total. The van der Waals surface area contributed by atoms with Gasteiger partial charge in [0, 0.05) is 9.86 Å². The van der Waals surface area contributed by atoms with Gasteiger partial charge in [0.05, 0.1) is 22.8 Å². The maximum absolute atomic E-state index is 13.1. The number of amides is 1. The van der Waals surface area contributed by atoms with E-state index in [2.05, 4.69) is 26.3 Å². The number of halogens is 2. The summed E-state index contributed by atoms with van der Waals surface area (Å²) in [5.74, 6) is -0.418. The fraction of sp³-hybridized carbons (Fsp3) is 0.100. The summed E-state index contributed by atoms with van der Waals surface area (Å²) in [4.78, 5) is 14.2. The van der Waals surface area contributed by atoms with E-state index in [4.69, 9.17) is 0 Å². The summed E-state index contributed by atoms with van der Waals surface area (Å²) in [5.41, 5.74) is 2.54. The van der Waals surface area contributed by atoms with E-state index in [9.17, 15) is 9.18 Å². The van der Waals surface area contributed by atoms with Crippen LogP contribution in [-0.4, -0.2) is 15.7 Å². The van der Waals surface area contributed by atoms with E-state index in [0.717, 1.165) is 31.6 Å². The SMILES string of the molecule is Cc1nn(Cc2ccc(F)cc2)c2sc(C(=O)Nc3ccccc3Br)cc12. The van der Waals surface area contributed by atoms with E-state index in [1.54, 1.807) is 12.1 Å². The summed E-state index contributed by atoms with van der Waals surface area (Å²) < 4.78 is 15.8. The molecule has 0 bridgehead atoms. The first-order valence-electron chi connectivity index (χ1n) is 8.28. The first-order chi connectivity index (χ1) is 13.0. The van der Waals surface area contributed by atoms with Gasteiger partial charge in [0.15, 0.2) is 0 Å². The van der Waals surface area contributed by atoms with Crippen molar-refractivity contribution in [2.45, 2.75) is 13.5 Å². The fourth-order valence-corrected chi connectivity index (χ4v) is 4.28. The Bertz CT molecular complexity index is 1130. The van der Waals surface area contributed by atoms with Crippen molar-refractivity contribution in [1.82, 2.24) is 9.78 Å². The average Bonchev–Trinajstić information content (AvgIpc) is 3.21. The second-order valence-electron chi connectivity index (χ2n) is 6.13. The summed E-state index contributed by atoms with van der Waals surface area (Å²) in [6, 6.07) is 15.7. The number of thiophene rings is 1. The highest BCUT2D eigenvalue weighted by atomic mass is 79.9. The van der Waals surface area contributed by atoms with Gasteiger partial charge in [0.1, 0.15) is 10.6 Å². The minimum atomic E-state index is -0.261. The maximum Gasteiger partial charge on any atom is 0.265 e. The normalized spacial score (nSPS) is 11.1. The predicted molar refractivity (Wildman–Crippen MR) is 110 cm³/mol. The van der Waals surface area contributed by atoms with Crippen molar-refractivity contribution < 1.29 is 9.18 Å². The van der Waals surface area contributed by atoms with Gasteiger partial charge in [-0.05, 0) is 58.7 Å². The molecule has 0 saturated heterocycles. The number of aryl methyl sites for hydroxylation is 1. The molecule has 2 aromatic heterocycles. The molecule has 7 heteroatoms. The largest absolute Gasteiger partial charge is 0.320 e. The number of nitrogens with one attached hydrogen (secondary N) is 1. The third-order valence-corrected chi connectivity index (χ3v) is 6.04. The number of aromatic nitrogens is 2. The molecule has 27 heavy (non-hydrogen) atoms. The lowest BCUT2D eigenvalue weighted by molar-refractivity contribution is 0.103. The molecule has 0 aliphatic heterocycles. The zero-order chi connectivity index (χ0) is 19.0. The van der Waals surface area contributed by atoms with Crippen LogP contribution in [0.25, 0.3) is 10.2 Å². The van der Waals surface area contributed by atoms with Gasteiger partial charge in [-0.3, -0.25) is 9.48 Å². The lowest BCUT2D eigenvalue weighted by Crippen LogP contribution is -2.10. The first kappa shape index (κ1) is 17.9. The van der Waals surface area contributed by atoms with E-state index < -0.39 is 0 Å². The van der Waals surface area contributed by atoms with Crippen molar-refractivity contribution in [2.75, 3.05) is 5.32 Å². The molecular formula is C20H15BrFN3OS. The Hall–Kier alpha value is -2.51. The Morgan fingerprint density at radius 2 is 1.96 bits per heavy atom. The van der Waals surface area contributed by atoms with Crippen LogP contribution in [0.15, 0.2) is 59.1 Å². The van der Waals surface area contributed by atoms with Gasteiger partial charge < -0.3 is 5.32 Å². The smallest absolute Gasteiger partial charge is 0.265 e. The van der Waals surface area contributed by atoms with Crippen LogP contribution in [-0.2, 0) is 6.54 Å². The minimum absolute atomic E-state index is 0.157. The highest BCUT2D eigenvalue weighted by Gasteiger charge is 2.17. The fourth-order valence-electron chi connectivity index (χ4n) is 2.84. The number of rotatable bonds is 4. The number of carbonyl (C=O) groups excluding carboxylic acids is 1.